The highest BCUT2D eigenvalue weighted by Crippen LogP contribution is 2.32. The predicted molar refractivity (Wildman–Crippen MR) is 86.5 cm³/mol. The topological polar surface area (TPSA) is 50.8 Å². The smallest absolute Gasteiger partial charge is 0.223 e. The molecule has 1 rings (SSSR count). The van der Waals surface area contributed by atoms with E-state index < -0.39 is 0 Å². The van der Waals surface area contributed by atoms with Crippen LogP contribution >= 0.6 is 11.8 Å². The Hall–Kier alpha value is -1.40. The lowest BCUT2D eigenvalue weighted by Gasteiger charge is -2.16. The van der Waals surface area contributed by atoms with Gasteiger partial charge in [0.1, 0.15) is 0 Å². The van der Waals surface area contributed by atoms with E-state index in [2.05, 4.69) is 5.32 Å². The van der Waals surface area contributed by atoms with Crippen LogP contribution in [-0.4, -0.2) is 58.0 Å². The molecule has 6 heteroatoms. The zero-order chi connectivity index (χ0) is 15.7. The van der Waals surface area contributed by atoms with Gasteiger partial charge in [0.05, 0.1) is 14.2 Å². The van der Waals surface area contributed by atoms with E-state index in [0.717, 1.165) is 23.7 Å². The average Bonchev–Trinajstić information content (AvgIpc) is 2.52. The summed E-state index contributed by atoms with van der Waals surface area (Å²) in [5.41, 5.74) is 0. The number of hydrogen-bond acceptors (Lipinski definition) is 5. The van der Waals surface area contributed by atoms with Crippen LogP contribution < -0.4 is 14.8 Å². The Morgan fingerprint density at radius 3 is 2.62 bits per heavy atom. The minimum absolute atomic E-state index is 0.165. The number of carbonyl (C=O) groups excluding carboxylic acids is 1. The van der Waals surface area contributed by atoms with Crippen molar-refractivity contribution in [2.24, 2.45) is 0 Å². The van der Waals surface area contributed by atoms with Crippen molar-refractivity contribution >= 4 is 17.7 Å². The first kappa shape index (κ1) is 17.7. The van der Waals surface area contributed by atoms with Gasteiger partial charge in [-0.3, -0.25) is 4.79 Å². The molecule has 1 aromatic carbocycles. The lowest BCUT2D eigenvalue weighted by atomic mass is 10.3. The van der Waals surface area contributed by atoms with Crippen molar-refractivity contribution in [2.75, 3.05) is 47.2 Å². The number of amides is 1. The minimum Gasteiger partial charge on any atom is -0.493 e. The lowest BCUT2D eigenvalue weighted by molar-refractivity contribution is -0.129. The fraction of sp³-hybridized carbons (Fsp3) is 0.533. The zero-order valence-electron chi connectivity index (χ0n) is 13.1. The highest BCUT2D eigenvalue weighted by Gasteiger charge is 2.09. The molecule has 0 aliphatic heterocycles. The van der Waals surface area contributed by atoms with Gasteiger partial charge in [-0.25, -0.2) is 0 Å². The molecule has 0 radical (unpaired) electrons. The van der Waals surface area contributed by atoms with Gasteiger partial charge in [-0.2, -0.15) is 0 Å². The van der Waals surface area contributed by atoms with Crippen molar-refractivity contribution in [3.8, 4) is 11.5 Å². The summed E-state index contributed by atoms with van der Waals surface area (Å²) in [6.45, 7) is 1.54. The Morgan fingerprint density at radius 1 is 1.29 bits per heavy atom. The van der Waals surface area contributed by atoms with Gasteiger partial charge < -0.3 is 19.7 Å². The van der Waals surface area contributed by atoms with Crippen LogP contribution in [0.3, 0.4) is 0 Å². The average molecular weight is 312 g/mol. The number of likely N-dealkylation sites (N-methyl/N-ethyl adjacent to an activating group) is 2. The maximum Gasteiger partial charge on any atom is 0.223 e. The van der Waals surface area contributed by atoms with E-state index in [1.54, 1.807) is 30.9 Å². The molecule has 0 bridgehead atoms. The summed E-state index contributed by atoms with van der Waals surface area (Å²) < 4.78 is 10.5. The first-order chi connectivity index (χ1) is 10.1. The second kappa shape index (κ2) is 9.52. The van der Waals surface area contributed by atoms with Gasteiger partial charge in [0.15, 0.2) is 11.5 Å². The number of nitrogens with one attached hydrogen (secondary N) is 1. The fourth-order valence-corrected chi connectivity index (χ4v) is 2.62. The third-order valence-corrected chi connectivity index (χ3v) is 4.06. The summed E-state index contributed by atoms with van der Waals surface area (Å²) in [7, 11) is 6.95. The molecule has 21 heavy (non-hydrogen) atoms. The Kier molecular flexibility index (Phi) is 8.00. The van der Waals surface area contributed by atoms with Crippen LogP contribution in [0.5, 0.6) is 11.5 Å². The Labute approximate surface area is 131 Å². The second-order valence-electron chi connectivity index (χ2n) is 4.53. The second-order valence-corrected chi connectivity index (χ2v) is 5.70. The summed E-state index contributed by atoms with van der Waals surface area (Å²) in [4.78, 5) is 14.7. The number of benzene rings is 1. The fourth-order valence-electron chi connectivity index (χ4n) is 1.76. The SMILES string of the molecule is CNCCN(C)C(=O)CCSc1ccc(OC)c(OC)c1. The van der Waals surface area contributed by atoms with Crippen molar-refractivity contribution in [3.63, 3.8) is 0 Å². The summed E-state index contributed by atoms with van der Waals surface area (Å²) in [6, 6.07) is 5.78. The first-order valence-electron chi connectivity index (χ1n) is 6.85. The Balaban J connectivity index is 2.43. The van der Waals surface area contributed by atoms with Crippen molar-refractivity contribution in [2.45, 2.75) is 11.3 Å². The quantitative estimate of drug-likeness (QED) is 0.706. The zero-order valence-corrected chi connectivity index (χ0v) is 14.0. The van der Waals surface area contributed by atoms with Gasteiger partial charge in [-0.05, 0) is 25.2 Å². The molecule has 0 fully saturated rings. The van der Waals surface area contributed by atoms with E-state index in [4.69, 9.17) is 9.47 Å². The summed E-state index contributed by atoms with van der Waals surface area (Å²) in [5, 5.41) is 3.03. The molecule has 0 aromatic heterocycles. The molecule has 0 heterocycles. The van der Waals surface area contributed by atoms with Gasteiger partial charge in [-0.15, -0.1) is 11.8 Å². The summed E-state index contributed by atoms with van der Waals surface area (Å²) in [5.74, 6) is 2.33. The monoisotopic (exact) mass is 312 g/mol. The van der Waals surface area contributed by atoms with Crippen molar-refractivity contribution in [3.05, 3.63) is 18.2 Å². The van der Waals surface area contributed by atoms with Crippen LogP contribution in [-0.2, 0) is 4.79 Å². The normalized spacial score (nSPS) is 10.3. The van der Waals surface area contributed by atoms with E-state index in [1.807, 2.05) is 32.3 Å². The van der Waals surface area contributed by atoms with E-state index in [1.165, 1.54) is 0 Å². The number of thioether (sulfide) groups is 1. The third-order valence-electron chi connectivity index (χ3n) is 3.06. The van der Waals surface area contributed by atoms with Gasteiger partial charge in [0.2, 0.25) is 5.91 Å². The van der Waals surface area contributed by atoms with Crippen LogP contribution in [0.25, 0.3) is 0 Å². The van der Waals surface area contributed by atoms with Crippen molar-refractivity contribution in [1.82, 2.24) is 10.2 Å². The van der Waals surface area contributed by atoms with Gasteiger partial charge in [0, 0.05) is 37.2 Å². The number of hydrogen-bond donors (Lipinski definition) is 1. The van der Waals surface area contributed by atoms with Crippen LogP contribution in [0.15, 0.2) is 23.1 Å². The molecule has 0 unspecified atom stereocenters. The van der Waals surface area contributed by atoms with Crippen LogP contribution in [0.1, 0.15) is 6.42 Å². The standard InChI is InChI=1S/C15H24N2O3S/c1-16-8-9-17(2)15(18)7-10-21-12-5-6-13(19-3)14(11-12)20-4/h5-6,11,16H,7-10H2,1-4H3. The summed E-state index contributed by atoms with van der Waals surface area (Å²) >= 11 is 1.64. The van der Waals surface area contributed by atoms with E-state index >= 15 is 0 Å². The van der Waals surface area contributed by atoms with Crippen molar-refractivity contribution in [1.29, 1.82) is 0 Å². The molecule has 0 spiro atoms. The molecule has 1 amide bonds. The molecule has 1 aromatic rings. The molecule has 0 atom stereocenters. The lowest BCUT2D eigenvalue weighted by Crippen LogP contribution is -2.32. The molecule has 1 N–H and O–H groups in total. The molecule has 0 aliphatic rings. The minimum atomic E-state index is 0.165. The van der Waals surface area contributed by atoms with E-state index in [9.17, 15) is 4.79 Å². The molecule has 5 nitrogen and oxygen atoms in total. The molecule has 0 saturated carbocycles. The predicted octanol–water partition coefficient (Wildman–Crippen LogP) is 1.86. The largest absolute Gasteiger partial charge is 0.493 e. The van der Waals surface area contributed by atoms with E-state index in [-0.39, 0.29) is 5.91 Å². The first-order valence-corrected chi connectivity index (χ1v) is 7.84. The van der Waals surface area contributed by atoms with Gasteiger partial charge in [0.25, 0.3) is 0 Å². The molecular formula is C15H24N2O3S. The molecular weight excluding hydrogens is 288 g/mol. The van der Waals surface area contributed by atoms with Crippen LogP contribution in [0, 0.1) is 0 Å². The number of rotatable bonds is 9. The van der Waals surface area contributed by atoms with E-state index in [0.29, 0.717) is 17.9 Å². The maximum atomic E-state index is 11.9. The number of methoxy groups -OCH3 is 2. The highest BCUT2D eigenvalue weighted by molar-refractivity contribution is 7.99. The third kappa shape index (κ3) is 5.85. The Bertz CT molecular complexity index is 455. The summed E-state index contributed by atoms with van der Waals surface area (Å²) in [6.07, 6.45) is 0.527. The molecule has 0 aliphatic carbocycles. The van der Waals surface area contributed by atoms with Crippen molar-refractivity contribution < 1.29 is 14.3 Å². The van der Waals surface area contributed by atoms with Crippen LogP contribution in [0.4, 0.5) is 0 Å². The van der Waals surface area contributed by atoms with Gasteiger partial charge in [-0.1, -0.05) is 0 Å². The number of nitrogens with zero attached hydrogens (tertiary/aromatic N) is 1. The Morgan fingerprint density at radius 2 is 2.00 bits per heavy atom. The number of carbonyl (C=O) groups is 1. The van der Waals surface area contributed by atoms with Gasteiger partial charge >= 0.3 is 0 Å². The van der Waals surface area contributed by atoms with Crippen LogP contribution in [0.2, 0.25) is 0 Å². The molecule has 118 valence electrons. The molecule has 0 saturated heterocycles. The maximum absolute atomic E-state index is 11.9. The highest BCUT2D eigenvalue weighted by atomic mass is 32.2. The number of ether oxygens (including phenoxy) is 2.